The molecule has 1 aromatic heterocycles. The predicted molar refractivity (Wildman–Crippen MR) is 135 cm³/mol. The van der Waals surface area contributed by atoms with E-state index in [4.69, 9.17) is 15.9 Å². The lowest BCUT2D eigenvalue weighted by molar-refractivity contribution is 0.0998. The minimum Gasteiger partial charge on any atom is -0.486 e. The van der Waals surface area contributed by atoms with E-state index in [9.17, 15) is 13.2 Å². The van der Waals surface area contributed by atoms with Crippen LogP contribution < -0.4 is 14.3 Å². The number of amides is 1. The van der Waals surface area contributed by atoms with Gasteiger partial charge in [-0.25, -0.2) is 8.42 Å². The molecule has 0 spiro atoms. The molecule has 0 radical (unpaired) electrons. The van der Waals surface area contributed by atoms with E-state index >= 15 is 0 Å². The van der Waals surface area contributed by atoms with Gasteiger partial charge in [0.05, 0.1) is 21.7 Å². The molecule has 0 aliphatic carbocycles. The van der Waals surface area contributed by atoms with Crippen molar-refractivity contribution in [1.29, 1.82) is 0 Å². The zero-order chi connectivity index (χ0) is 25.0. The van der Waals surface area contributed by atoms with Crippen LogP contribution in [-0.2, 0) is 16.6 Å². The Morgan fingerprint density at radius 2 is 1.74 bits per heavy atom. The molecule has 0 saturated heterocycles. The van der Waals surface area contributed by atoms with Gasteiger partial charge in [-0.05, 0) is 37.1 Å². The second-order valence-corrected chi connectivity index (χ2v) is 10.9. The summed E-state index contributed by atoms with van der Waals surface area (Å²) in [5.74, 6) is 3.40. The number of rotatable bonds is 8. The molecule has 1 aliphatic heterocycles. The average Bonchev–Trinajstić information content (AvgIpc) is 3.18. The highest BCUT2D eigenvalue weighted by Gasteiger charge is 2.23. The van der Waals surface area contributed by atoms with E-state index in [1.54, 1.807) is 4.57 Å². The molecule has 0 atom stereocenters. The molecular weight excluding hydrogens is 486 g/mol. The minimum atomic E-state index is -3.62. The van der Waals surface area contributed by atoms with Crippen LogP contribution in [0.5, 0.6) is 11.5 Å². The summed E-state index contributed by atoms with van der Waals surface area (Å²) in [4.78, 5) is 17.9. The normalized spacial score (nSPS) is 13.8. The third-order valence-electron chi connectivity index (χ3n) is 5.48. The second-order valence-electron chi connectivity index (χ2n) is 7.98. The van der Waals surface area contributed by atoms with Crippen molar-refractivity contribution in [1.82, 2.24) is 8.87 Å². The molecule has 2 aromatic carbocycles. The van der Waals surface area contributed by atoms with Gasteiger partial charge in [-0.1, -0.05) is 31.1 Å². The van der Waals surface area contributed by atoms with Gasteiger partial charge < -0.3 is 14.0 Å². The topological polar surface area (TPSA) is 90.2 Å². The summed E-state index contributed by atoms with van der Waals surface area (Å²) >= 11 is 1.32. The van der Waals surface area contributed by atoms with Crippen molar-refractivity contribution in [2.24, 2.45) is 4.99 Å². The van der Waals surface area contributed by atoms with Crippen molar-refractivity contribution in [2.75, 3.05) is 26.3 Å². The molecular formula is C25H27N3O5S2. The Morgan fingerprint density at radius 1 is 1.11 bits per heavy atom. The Morgan fingerprint density at radius 3 is 2.34 bits per heavy atom. The van der Waals surface area contributed by atoms with E-state index in [-0.39, 0.29) is 17.0 Å². The first-order valence-electron chi connectivity index (χ1n) is 11.4. The number of benzene rings is 2. The maximum absolute atomic E-state index is 13.0. The maximum atomic E-state index is 13.0. The molecule has 0 bridgehead atoms. The van der Waals surface area contributed by atoms with Crippen molar-refractivity contribution in [2.45, 2.75) is 38.1 Å². The number of hydrogen-bond acceptors (Lipinski definition) is 6. The lowest BCUT2D eigenvalue weighted by Crippen LogP contribution is -2.32. The van der Waals surface area contributed by atoms with E-state index in [1.165, 1.54) is 39.9 Å². The quantitative estimate of drug-likeness (QED) is 0.429. The zero-order valence-electron chi connectivity index (χ0n) is 19.7. The van der Waals surface area contributed by atoms with Crippen LogP contribution in [0.15, 0.2) is 46.3 Å². The third kappa shape index (κ3) is 5.12. The Hall–Kier alpha value is -3.13. The second kappa shape index (κ2) is 10.6. The third-order valence-corrected chi connectivity index (χ3v) is 8.43. The zero-order valence-corrected chi connectivity index (χ0v) is 21.3. The Balaban J connectivity index is 1.68. The number of carbonyl (C=O) groups excluding carboxylic acids is 1. The van der Waals surface area contributed by atoms with Crippen LogP contribution in [-0.4, -0.2) is 49.5 Å². The number of nitrogens with zero attached hydrogens (tertiary/aromatic N) is 3. The summed E-state index contributed by atoms with van der Waals surface area (Å²) in [5, 5.41) is 0. The molecule has 35 heavy (non-hydrogen) atoms. The van der Waals surface area contributed by atoms with E-state index in [1.807, 2.05) is 26.0 Å². The Bertz CT molecular complexity index is 1440. The molecule has 10 heteroatoms. The van der Waals surface area contributed by atoms with Gasteiger partial charge in [0.1, 0.15) is 13.2 Å². The number of ether oxygens (including phenoxy) is 2. The number of fused-ring (bicyclic) bond motifs is 2. The molecule has 3 aromatic rings. The van der Waals surface area contributed by atoms with Gasteiger partial charge in [0.15, 0.2) is 16.3 Å². The SMILES string of the molecule is C#CCn1c(=NC(=O)c2ccc(S(=O)(=O)N(CCC)CCC)cc2)sc2cc3c(cc21)OCCO3. The molecule has 0 unspecified atom stereocenters. The van der Waals surface area contributed by atoms with Crippen LogP contribution in [0.2, 0.25) is 0 Å². The number of carbonyl (C=O) groups is 1. The molecule has 184 valence electrons. The molecule has 0 saturated carbocycles. The summed E-state index contributed by atoms with van der Waals surface area (Å²) in [6, 6.07) is 9.61. The monoisotopic (exact) mass is 513 g/mol. The van der Waals surface area contributed by atoms with Crippen molar-refractivity contribution in [3.8, 4) is 23.8 Å². The summed E-state index contributed by atoms with van der Waals surface area (Å²) < 4.78 is 41.4. The largest absolute Gasteiger partial charge is 0.486 e. The van der Waals surface area contributed by atoms with Crippen LogP contribution in [0.4, 0.5) is 0 Å². The highest BCUT2D eigenvalue weighted by atomic mass is 32.2. The molecule has 8 nitrogen and oxygen atoms in total. The van der Waals surface area contributed by atoms with Gasteiger partial charge in [-0.2, -0.15) is 9.30 Å². The van der Waals surface area contributed by atoms with Gasteiger partial charge in [0.2, 0.25) is 10.0 Å². The van der Waals surface area contributed by atoms with Crippen molar-refractivity contribution >= 4 is 37.5 Å². The lowest BCUT2D eigenvalue weighted by atomic mass is 10.2. The smallest absolute Gasteiger partial charge is 0.279 e. The Labute approximate surface area is 208 Å². The molecule has 1 aliphatic rings. The van der Waals surface area contributed by atoms with Crippen LogP contribution in [0.3, 0.4) is 0 Å². The summed E-state index contributed by atoms with van der Waals surface area (Å²) in [6.45, 7) is 5.96. The molecule has 4 rings (SSSR count). The maximum Gasteiger partial charge on any atom is 0.279 e. The summed E-state index contributed by atoms with van der Waals surface area (Å²) in [6.07, 6.45) is 7.02. The number of sulfonamides is 1. The minimum absolute atomic E-state index is 0.158. The van der Waals surface area contributed by atoms with E-state index in [0.717, 1.165) is 23.1 Å². The van der Waals surface area contributed by atoms with Crippen LogP contribution >= 0.6 is 11.3 Å². The van der Waals surface area contributed by atoms with Crippen LogP contribution in [0, 0.1) is 12.3 Å². The standard InChI is InChI=1S/C25H27N3O5S2/c1-4-11-27(12-5-2)35(30,31)19-9-7-18(8-10-19)24(29)26-25-28(13-6-3)20-16-21-22(17-23(20)34-25)33-15-14-32-21/h3,7-10,16-17H,4-5,11-15H2,1-2H3. The number of aromatic nitrogens is 1. The summed E-state index contributed by atoms with van der Waals surface area (Å²) in [5.41, 5.74) is 1.09. The van der Waals surface area contributed by atoms with Crippen molar-refractivity contribution in [3.63, 3.8) is 0 Å². The predicted octanol–water partition coefficient (Wildman–Crippen LogP) is 3.66. The number of terminal acetylenes is 1. The van der Waals surface area contributed by atoms with Gasteiger partial charge in [-0.3, -0.25) is 4.79 Å². The number of hydrogen-bond donors (Lipinski definition) is 0. The fourth-order valence-corrected chi connectivity index (χ4v) is 6.52. The Kier molecular flexibility index (Phi) is 7.60. The van der Waals surface area contributed by atoms with E-state index in [0.29, 0.717) is 42.6 Å². The van der Waals surface area contributed by atoms with Crippen LogP contribution in [0.1, 0.15) is 37.0 Å². The summed E-state index contributed by atoms with van der Waals surface area (Å²) in [7, 11) is -3.62. The van der Waals surface area contributed by atoms with Gasteiger partial charge in [0, 0.05) is 30.8 Å². The highest BCUT2D eigenvalue weighted by molar-refractivity contribution is 7.89. The molecule has 1 amide bonds. The fraction of sp³-hybridized carbons (Fsp3) is 0.360. The van der Waals surface area contributed by atoms with Gasteiger partial charge in [0.25, 0.3) is 5.91 Å². The average molecular weight is 514 g/mol. The highest BCUT2D eigenvalue weighted by Crippen LogP contribution is 2.35. The fourth-order valence-electron chi connectivity index (χ4n) is 3.86. The first-order valence-corrected chi connectivity index (χ1v) is 13.7. The molecule has 0 N–H and O–H groups in total. The van der Waals surface area contributed by atoms with Gasteiger partial charge in [-0.15, -0.1) is 6.42 Å². The van der Waals surface area contributed by atoms with E-state index in [2.05, 4.69) is 10.9 Å². The van der Waals surface area contributed by atoms with Crippen molar-refractivity contribution < 1.29 is 22.7 Å². The lowest BCUT2D eigenvalue weighted by Gasteiger charge is -2.21. The van der Waals surface area contributed by atoms with Crippen molar-refractivity contribution in [3.05, 3.63) is 46.8 Å². The molecule has 2 heterocycles. The van der Waals surface area contributed by atoms with E-state index < -0.39 is 15.9 Å². The first kappa shape index (κ1) is 25.0. The first-order chi connectivity index (χ1) is 16.9. The molecule has 0 fully saturated rings. The number of thiazole rings is 1. The van der Waals surface area contributed by atoms with Gasteiger partial charge >= 0.3 is 0 Å². The van der Waals surface area contributed by atoms with Crippen LogP contribution in [0.25, 0.3) is 10.2 Å².